The van der Waals surface area contributed by atoms with Crippen LogP contribution in [0.2, 0.25) is 0 Å². The van der Waals surface area contributed by atoms with Crippen LogP contribution in [0.5, 0.6) is 0 Å². The van der Waals surface area contributed by atoms with E-state index < -0.39 is 0 Å². The largest absolute Gasteiger partial charge is 0.469 e. The molecule has 0 fully saturated rings. The van der Waals surface area contributed by atoms with Crippen molar-refractivity contribution in [2.75, 3.05) is 0 Å². The molecule has 0 aliphatic rings. The van der Waals surface area contributed by atoms with E-state index in [-0.39, 0.29) is 109 Å². The Kier molecular flexibility index (Phi) is 84.4. The number of aromatic amines is 3. The first-order valence-corrected chi connectivity index (χ1v) is 47.6. The third kappa shape index (κ3) is 65.5. The van der Waals surface area contributed by atoms with Crippen molar-refractivity contribution in [2.45, 2.75) is 400 Å². The number of nitrogens with zero attached hydrogens (tertiary/aromatic N) is 3. The molecule has 0 saturated heterocycles. The molecule has 0 amide bonds. The molecule has 9 heterocycles. The second-order valence-electron chi connectivity index (χ2n) is 35.1. The number of thiazole rings is 1. The number of aromatic nitrogens is 6. The summed E-state index contributed by atoms with van der Waals surface area (Å²) < 4.78 is 11.6. The van der Waals surface area contributed by atoms with Crippen LogP contribution in [0.1, 0.15) is 401 Å². The summed E-state index contributed by atoms with van der Waals surface area (Å²) in [5, 5.41) is 7.77. The zero-order chi connectivity index (χ0) is 95.6. The van der Waals surface area contributed by atoms with Gasteiger partial charge in [-0.3, -0.25) is 4.98 Å². The van der Waals surface area contributed by atoms with Crippen molar-refractivity contribution in [3.8, 4) is 0 Å². The van der Waals surface area contributed by atoms with Gasteiger partial charge in [-0.15, -0.1) is 40.9 Å². The third-order valence-electron chi connectivity index (χ3n) is 14.8. The van der Waals surface area contributed by atoms with Gasteiger partial charge in [0.15, 0.2) is 5.89 Å². The molecule has 12 rings (SSSR count). The molecule has 12 aromatic rings. The fourth-order valence-electron chi connectivity index (χ4n) is 8.57. The van der Waals surface area contributed by atoms with Crippen molar-refractivity contribution in [3.63, 3.8) is 0 Å². The Balaban J connectivity index is -0.000000140. The second kappa shape index (κ2) is 74.9. The Morgan fingerprint density at radius 3 is 1.02 bits per heavy atom. The smallest absolute Gasteiger partial charge is 0.199 e. The van der Waals surface area contributed by atoms with E-state index in [9.17, 15) is 0 Å². The maximum Gasteiger partial charge on any atom is 0.199 e. The molecule has 690 valence electrons. The molecule has 3 N–H and O–H groups in total. The normalized spacial score (nSPS) is 10.2. The van der Waals surface area contributed by atoms with Gasteiger partial charge in [0.1, 0.15) is 12.0 Å². The first kappa shape index (κ1) is 137. The predicted molar refractivity (Wildman–Crippen MR) is 552 cm³/mol. The van der Waals surface area contributed by atoms with Crippen molar-refractivity contribution in [1.29, 1.82) is 0 Å². The van der Waals surface area contributed by atoms with Crippen LogP contribution in [0.15, 0.2) is 209 Å². The number of benzene rings is 3. The van der Waals surface area contributed by atoms with Crippen molar-refractivity contribution < 1.29 is 74.3 Å². The summed E-state index contributed by atoms with van der Waals surface area (Å²) >= 11 is 5.40. The molecule has 0 aliphatic carbocycles. The number of H-pyrrole nitrogens is 3. The number of pyridine rings is 1. The summed E-state index contributed by atoms with van der Waals surface area (Å²) in [4.78, 5) is 25.0. The molecular weight excluding hydrogens is 1700 g/mol. The molecule has 8 nitrogen and oxygen atoms in total. The topological polar surface area (TPSA) is 112 Å². The van der Waals surface area contributed by atoms with Gasteiger partial charge in [0.05, 0.1) is 17.5 Å². The van der Waals surface area contributed by atoms with Crippen molar-refractivity contribution in [3.05, 3.63) is 267 Å². The van der Waals surface area contributed by atoms with Crippen molar-refractivity contribution >= 4 is 55.0 Å². The van der Waals surface area contributed by atoms with E-state index >= 15 is 0 Å². The molecule has 0 spiro atoms. The Morgan fingerprint density at radius 1 is 0.311 bits per heavy atom. The fourth-order valence-corrected chi connectivity index (χ4v) is 11.2. The maximum atomic E-state index is 5.20. The summed E-state index contributed by atoms with van der Waals surface area (Å²) in [7, 11) is 0. The van der Waals surface area contributed by atoms with Gasteiger partial charge in [-0.25, -0.2) is 21.3 Å². The average Bonchev–Trinajstić information content (AvgIpc) is 1.67. The van der Waals surface area contributed by atoms with E-state index in [1.54, 1.807) is 30.1 Å². The van der Waals surface area contributed by atoms with Crippen LogP contribution in [-0.2, 0) is 120 Å². The Morgan fingerprint density at radius 2 is 0.770 bits per heavy atom. The number of fused-ring (bicyclic) bond motifs is 2. The summed E-state index contributed by atoms with van der Waals surface area (Å²) in [5.74, 6) is 1.84. The van der Waals surface area contributed by atoms with Gasteiger partial charge in [-0.2, -0.15) is 35.0 Å². The minimum Gasteiger partial charge on any atom is -0.469 e. The van der Waals surface area contributed by atoms with E-state index in [1.165, 1.54) is 58.4 Å². The summed E-state index contributed by atoms with van der Waals surface area (Å²) in [6.07, 6.45) is 12.6. The Labute approximate surface area is 818 Å². The van der Waals surface area contributed by atoms with Gasteiger partial charge >= 0.3 is 0 Å². The van der Waals surface area contributed by atoms with E-state index in [0.29, 0.717) is 10.8 Å². The van der Waals surface area contributed by atoms with Crippen molar-refractivity contribution in [2.24, 2.45) is 0 Å². The minimum atomic E-state index is 0. The van der Waals surface area contributed by atoms with Gasteiger partial charge in [0.25, 0.3) is 0 Å². The fraction of sp³-hybridized carbons (Fsp3) is 0.550. The number of nitrogens with one attached hydrogen (secondary N) is 3. The van der Waals surface area contributed by atoms with Crippen LogP contribution < -0.4 is 0 Å². The monoisotopic (exact) mass is 1890 g/mol. The zero-order valence-electron chi connectivity index (χ0n) is 88.1. The third-order valence-corrected chi connectivity index (χ3v) is 18.8. The van der Waals surface area contributed by atoms with E-state index in [2.05, 4.69) is 352 Å². The number of oxazole rings is 1. The maximum absolute atomic E-state index is 5.20. The van der Waals surface area contributed by atoms with Gasteiger partial charge in [0, 0.05) is 150 Å². The van der Waals surface area contributed by atoms with Crippen LogP contribution >= 0.6 is 34.0 Å². The molecule has 0 saturated carbocycles. The number of hydrogen-bond acceptors (Lipinski definition) is 8. The first-order valence-electron chi connectivity index (χ1n) is 45.0. The number of rotatable bonds is 0. The zero-order valence-corrected chi connectivity index (χ0v) is 96.2. The molecular formula is C109H186N6O2S3Y2-2. The van der Waals surface area contributed by atoms with E-state index in [1.807, 2.05) is 240 Å². The number of para-hydroxylation sites is 1. The summed E-state index contributed by atoms with van der Waals surface area (Å²) in [6, 6.07) is 56.6. The molecule has 0 unspecified atom stereocenters. The van der Waals surface area contributed by atoms with Gasteiger partial charge < -0.3 is 23.8 Å². The van der Waals surface area contributed by atoms with Crippen LogP contribution in [0.3, 0.4) is 0 Å². The molecule has 0 bridgehead atoms. The Hall–Kier alpha value is -5.10. The number of hydrogen-bond donors (Lipinski definition) is 3. The molecule has 13 heteroatoms. The van der Waals surface area contributed by atoms with E-state index in [0.717, 1.165) is 17.3 Å². The SMILES string of the molecule is CC.CC.CC.CC.CC.CC.CC.CC.CC.CC.CC(C)(C)c1[c-]c2ccccc2[nH]1.CC(C)(C)c1[c-]c2ccccc2s1.CC(C)(C)c1ccc[nH]1.CC(C)(C)c1ccc[nH]1.CC(C)(C)c1ccccc1.CC(C)(C)c1ccccn1.CC(C)(C)c1ccco1.CC(C)(C)c1cccs1.CC(C)(C)c1ncco1.CC(C)(C)c1nccs1.[Y].[Y]. The molecule has 9 aromatic heterocycles. The molecule has 3 aromatic carbocycles. The molecule has 0 atom stereocenters. The predicted octanol–water partition coefficient (Wildman–Crippen LogP) is 37.5. The first-order chi connectivity index (χ1) is 56.0. The Bertz CT molecular complexity index is 3460. The molecule has 0 aliphatic heterocycles. The standard InChI is InChI=1S/C12H14N.C12H13S.C10H14.C9H13N.2C8H13N.C8H12O.C8H12S.C7H11NO.C7H11NS.10C2H6.2Y/c2*1-12(2,3)11-8-9-6-4-5-7-10(9)13-11;1-10(2,3)9-7-5-4-6-8-9;1-9(2,3)8-6-4-5-7-10-8;4*1-8(2,3)7-5-4-6-9-7;2*1-7(2,3)6-8-4-5-9-6;10*1-2;;/h4-7,13H,1-3H3;4-7H,1-3H3;4-8H,1-3H3;4-7H,1-3H3;2*4-6,9H,1-3H3;2*4-6H,1-3H3;2*4-5H,1-3H3;10*1-2H3;;/q2*-1;;;;;;;;;;;;;;;;;;;;. The van der Waals surface area contributed by atoms with Crippen molar-refractivity contribution in [1.82, 2.24) is 29.9 Å². The van der Waals surface area contributed by atoms with E-state index in [4.69, 9.17) is 8.83 Å². The van der Waals surface area contributed by atoms with Crippen LogP contribution in [0.4, 0.5) is 0 Å². The summed E-state index contributed by atoms with van der Waals surface area (Å²) in [6.45, 7) is 105. The number of furan rings is 1. The summed E-state index contributed by atoms with van der Waals surface area (Å²) in [5.41, 5.74) is 9.64. The second-order valence-corrected chi connectivity index (χ2v) is 38.0. The van der Waals surface area contributed by atoms with Crippen LogP contribution in [0, 0.1) is 12.1 Å². The molecule has 122 heavy (non-hydrogen) atoms. The quantitative estimate of drug-likeness (QED) is 0.131. The average molecular weight is 1890 g/mol. The van der Waals surface area contributed by atoms with Crippen LogP contribution in [0.25, 0.3) is 21.0 Å². The van der Waals surface area contributed by atoms with Gasteiger partial charge in [-0.1, -0.05) is 428 Å². The van der Waals surface area contributed by atoms with Crippen LogP contribution in [-0.4, -0.2) is 29.9 Å². The van der Waals surface area contributed by atoms with Gasteiger partial charge in [0.2, 0.25) is 0 Å². The molecule has 2 radical (unpaired) electrons. The minimum absolute atomic E-state index is 0. The number of thiophene rings is 2. The van der Waals surface area contributed by atoms with Gasteiger partial charge in [-0.05, 0) is 87.2 Å².